The van der Waals surface area contributed by atoms with Gasteiger partial charge < -0.3 is 15.8 Å². The van der Waals surface area contributed by atoms with E-state index in [9.17, 15) is 9.59 Å². The molecule has 25 heavy (non-hydrogen) atoms. The van der Waals surface area contributed by atoms with Crippen LogP contribution in [0.15, 0.2) is 42.5 Å². The lowest BCUT2D eigenvalue weighted by Crippen LogP contribution is -2.29. The molecular weight excluding hydrogens is 363 g/mol. The Morgan fingerprint density at radius 2 is 1.84 bits per heavy atom. The number of hydrogen-bond donors (Lipinski definition) is 2. The first-order chi connectivity index (χ1) is 12.0. The summed E-state index contributed by atoms with van der Waals surface area (Å²) in [7, 11) is 0. The zero-order valence-corrected chi connectivity index (χ0v) is 14.5. The molecular formula is C18H14Cl2N2O3. The van der Waals surface area contributed by atoms with Gasteiger partial charge in [0.1, 0.15) is 5.75 Å². The van der Waals surface area contributed by atoms with Gasteiger partial charge in [0.2, 0.25) is 5.91 Å². The average molecular weight is 377 g/mol. The van der Waals surface area contributed by atoms with Crippen LogP contribution in [0.2, 0.25) is 10.0 Å². The lowest BCUT2D eigenvalue weighted by atomic mass is 10.1. The average Bonchev–Trinajstić information content (AvgIpc) is 2.58. The highest BCUT2D eigenvalue weighted by molar-refractivity contribution is 6.35. The summed E-state index contributed by atoms with van der Waals surface area (Å²) in [5.74, 6) is 5.22. The minimum absolute atomic E-state index is 0.161. The van der Waals surface area contributed by atoms with Crippen molar-refractivity contribution in [3.05, 3.63) is 63.6 Å². The third-order valence-electron chi connectivity index (χ3n) is 3.03. The molecule has 5 nitrogen and oxygen atoms in total. The van der Waals surface area contributed by atoms with Gasteiger partial charge in [0, 0.05) is 16.1 Å². The Bertz CT molecular complexity index is 840. The maximum Gasteiger partial charge on any atom is 0.258 e. The molecule has 3 N–H and O–H groups in total. The number of carbonyl (C=O) groups is 2. The van der Waals surface area contributed by atoms with Crippen LogP contribution in [0.25, 0.3) is 0 Å². The maximum atomic E-state index is 11.7. The first-order valence-corrected chi connectivity index (χ1v) is 7.94. The van der Waals surface area contributed by atoms with Crippen molar-refractivity contribution in [3.63, 3.8) is 0 Å². The van der Waals surface area contributed by atoms with Crippen LogP contribution in [0.1, 0.15) is 15.9 Å². The second kappa shape index (κ2) is 8.97. The second-order valence-corrected chi connectivity index (χ2v) is 5.73. The Labute approximate surface area is 155 Å². The Morgan fingerprint density at radius 3 is 2.48 bits per heavy atom. The molecule has 128 valence electrons. The molecule has 0 aromatic heterocycles. The molecule has 0 heterocycles. The molecule has 7 heteroatoms. The molecule has 0 unspecified atom stereocenters. The minimum atomic E-state index is -0.493. The third kappa shape index (κ3) is 6.03. The van der Waals surface area contributed by atoms with E-state index in [4.69, 9.17) is 33.7 Å². The quantitative estimate of drug-likeness (QED) is 0.786. The van der Waals surface area contributed by atoms with E-state index in [2.05, 4.69) is 17.2 Å². The van der Waals surface area contributed by atoms with Crippen molar-refractivity contribution in [2.45, 2.75) is 0 Å². The highest BCUT2D eigenvalue weighted by Crippen LogP contribution is 2.27. The van der Waals surface area contributed by atoms with Crippen LogP contribution in [0.5, 0.6) is 5.75 Å². The molecule has 0 spiro atoms. The van der Waals surface area contributed by atoms with Crippen molar-refractivity contribution in [3.8, 4) is 17.6 Å². The van der Waals surface area contributed by atoms with E-state index in [1.165, 1.54) is 6.07 Å². The lowest BCUT2D eigenvalue weighted by molar-refractivity contribution is -0.122. The van der Waals surface area contributed by atoms with Gasteiger partial charge in [-0.05, 0) is 42.5 Å². The van der Waals surface area contributed by atoms with Gasteiger partial charge in [-0.15, -0.1) is 0 Å². The van der Waals surface area contributed by atoms with E-state index in [0.29, 0.717) is 26.9 Å². The van der Waals surface area contributed by atoms with Gasteiger partial charge >= 0.3 is 0 Å². The summed E-state index contributed by atoms with van der Waals surface area (Å²) < 4.78 is 5.31. The van der Waals surface area contributed by atoms with E-state index < -0.39 is 5.91 Å². The molecule has 0 atom stereocenters. The Hall–Kier alpha value is -2.68. The molecule has 0 aliphatic rings. The molecule has 0 saturated carbocycles. The van der Waals surface area contributed by atoms with E-state index >= 15 is 0 Å². The van der Waals surface area contributed by atoms with E-state index in [1.807, 2.05) is 0 Å². The molecule has 2 rings (SSSR count). The molecule has 2 aromatic carbocycles. The number of nitrogens with one attached hydrogen (secondary N) is 1. The van der Waals surface area contributed by atoms with Gasteiger partial charge in [-0.1, -0.05) is 35.0 Å². The number of halogens is 2. The summed E-state index contributed by atoms with van der Waals surface area (Å²) in [6.45, 7) is -0.0234. The largest absolute Gasteiger partial charge is 0.482 e. The summed E-state index contributed by atoms with van der Waals surface area (Å²) in [6.07, 6.45) is 0. The van der Waals surface area contributed by atoms with Gasteiger partial charge in [-0.3, -0.25) is 9.59 Å². The van der Waals surface area contributed by atoms with Crippen LogP contribution in [-0.4, -0.2) is 25.0 Å². The predicted octanol–water partition coefficient (Wildman–Crippen LogP) is 2.64. The minimum Gasteiger partial charge on any atom is -0.482 e. The molecule has 0 saturated heterocycles. The monoisotopic (exact) mass is 376 g/mol. The molecule has 0 fully saturated rings. The van der Waals surface area contributed by atoms with Crippen molar-refractivity contribution in [2.24, 2.45) is 5.73 Å². The number of ether oxygens (including phenoxy) is 1. The summed E-state index contributed by atoms with van der Waals surface area (Å²) in [5, 5.41) is 3.42. The zero-order chi connectivity index (χ0) is 18.2. The zero-order valence-electron chi connectivity index (χ0n) is 13.0. The summed E-state index contributed by atoms with van der Waals surface area (Å²) in [6, 6.07) is 11.3. The summed E-state index contributed by atoms with van der Waals surface area (Å²) in [4.78, 5) is 22.7. The Kier molecular flexibility index (Phi) is 6.70. The molecule has 0 radical (unpaired) electrons. The smallest absolute Gasteiger partial charge is 0.258 e. The Morgan fingerprint density at radius 1 is 1.12 bits per heavy atom. The maximum absolute atomic E-state index is 11.7. The molecule has 0 aliphatic carbocycles. The van der Waals surface area contributed by atoms with Crippen LogP contribution in [0.3, 0.4) is 0 Å². The predicted molar refractivity (Wildman–Crippen MR) is 96.8 cm³/mol. The lowest BCUT2D eigenvalue weighted by Gasteiger charge is -2.07. The van der Waals surface area contributed by atoms with Gasteiger partial charge in [-0.2, -0.15) is 0 Å². The first-order valence-electron chi connectivity index (χ1n) is 7.19. The number of hydrogen-bond acceptors (Lipinski definition) is 3. The fraction of sp³-hybridized carbons (Fsp3) is 0.111. The first kappa shape index (κ1) is 18.7. The van der Waals surface area contributed by atoms with E-state index in [-0.39, 0.29) is 19.1 Å². The van der Waals surface area contributed by atoms with Crippen LogP contribution in [0, 0.1) is 11.8 Å². The van der Waals surface area contributed by atoms with Crippen molar-refractivity contribution in [1.82, 2.24) is 5.32 Å². The van der Waals surface area contributed by atoms with Crippen molar-refractivity contribution in [1.29, 1.82) is 0 Å². The second-order valence-electron chi connectivity index (χ2n) is 4.88. The number of amides is 2. The third-order valence-corrected chi connectivity index (χ3v) is 3.56. The van der Waals surface area contributed by atoms with Crippen molar-refractivity contribution in [2.75, 3.05) is 13.2 Å². The fourth-order valence-electron chi connectivity index (χ4n) is 1.79. The number of primary amides is 1. The van der Waals surface area contributed by atoms with Gasteiger partial charge in [-0.25, -0.2) is 0 Å². The molecule has 2 amide bonds. The normalized spacial score (nSPS) is 9.68. The fourth-order valence-corrected chi connectivity index (χ4v) is 2.26. The van der Waals surface area contributed by atoms with E-state index in [0.717, 1.165) is 0 Å². The Balaban J connectivity index is 1.78. The number of benzene rings is 2. The van der Waals surface area contributed by atoms with Crippen LogP contribution < -0.4 is 15.8 Å². The van der Waals surface area contributed by atoms with Crippen molar-refractivity contribution < 1.29 is 14.3 Å². The molecule has 0 bridgehead atoms. The topological polar surface area (TPSA) is 81.4 Å². The van der Waals surface area contributed by atoms with Crippen molar-refractivity contribution >= 4 is 35.0 Å². The van der Waals surface area contributed by atoms with Crippen LogP contribution in [-0.2, 0) is 4.79 Å². The SMILES string of the molecule is NC(=O)c1ccc(C#CCNC(=O)COc2ccc(Cl)cc2Cl)cc1. The molecule has 0 aliphatic heterocycles. The highest BCUT2D eigenvalue weighted by atomic mass is 35.5. The van der Waals surface area contributed by atoms with Crippen LogP contribution >= 0.6 is 23.2 Å². The number of rotatable bonds is 5. The van der Waals surface area contributed by atoms with Gasteiger partial charge in [0.25, 0.3) is 5.91 Å². The number of nitrogens with two attached hydrogens (primary N) is 1. The highest BCUT2D eigenvalue weighted by Gasteiger charge is 2.05. The van der Waals surface area contributed by atoms with E-state index in [1.54, 1.807) is 36.4 Å². The molecule has 2 aromatic rings. The standard InChI is InChI=1S/C18H14Cl2N2O3/c19-14-7-8-16(15(20)10-14)25-11-17(23)22-9-1-2-12-3-5-13(6-4-12)18(21)24/h3-8,10H,9,11H2,(H2,21,24)(H,22,23). The van der Waals surface area contributed by atoms with Gasteiger partial charge in [0.05, 0.1) is 11.6 Å². The summed E-state index contributed by atoms with van der Waals surface area (Å²) >= 11 is 11.7. The summed E-state index contributed by atoms with van der Waals surface area (Å²) in [5.41, 5.74) is 6.28. The van der Waals surface area contributed by atoms with Crippen LogP contribution in [0.4, 0.5) is 0 Å². The number of carbonyl (C=O) groups excluding carboxylic acids is 2. The van der Waals surface area contributed by atoms with Gasteiger partial charge in [0.15, 0.2) is 6.61 Å².